The van der Waals surface area contributed by atoms with Crippen LogP contribution in [0, 0.1) is 5.92 Å². The zero-order valence-corrected chi connectivity index (χ0v) is 12.2. The number of hydrogen-bond acceptors (Lipinski definition) is 3. The lowest BCUT2D eigenvalue weighted by Gasteiger charge is -2.34. The minimum absolute atomic E-state index is 0.0843. The van der Waals surface area contributed by atoms with Gasteiger partial charge in [-0.05, 0) is 26.2 Å². The van der Waals surface area contributed by atoms with Gasteiger partial charge in [-0.15, -0.1) is 0 Å². The van der Waals surface area contributed by atoms with E-state index in [9.17, 15) is 14.4 Å². The third kappa shape index (κ3) is 3.61. The third-order valence-corrected chi connectivity index (χ3v) is 3.89. The van der Waals surface area contributed by atoms with Crippen LogP contribution in [0.5, 0.6) is 0 Å². The van der Waals surface area contributed by atoms with Crippen molar-refractivity contribution in [1.82, 2.24) is 15.5 Å². The molecule has 1 saturated heterocycles. The summed E-state index contributed by atoms with van der Waals surface area (Å²) < 4.78 is 0. The van der Waals surface area contributed by atoms with Gasteiger partial charge in [0, 0.05) is 20.1 Å². The van der Waals surface area contributed by atoms with Gasteiger partial charge in [0.2, 0.25) is 5.91 Å². The fraction of sp³-hybridized carbons (Fsp3) is 0.769. The van der Waals surface area contributed by atoms with E-state index in [2.05, 4.69) is 10.6 Å². The second-order valence-corrected chi connectivity index (χ2v) is 5.32. The molecule has 0 aromatic heterocycles. The van der Waals surface area contributed by atoms with Crippen molar-refractivity contribution in [2.24, 2.45) is 5.92 Å². The minimum atomic E-state index is -1.28. The van der Waals surface area contributed by atoms with Crippen LogP contribution in [0.25, 0.3) is 0 Å². The number of aliphatic carboxylic acids is 1. The highest BCUT2D eigenvalue weighted by Crippen LogP contribution is 2.18. The predicted octanol–water partition coefficient (Wildman–Crippen LogP) is 0.407. The molecule has 114 valence electrons. The van der Waals surface area contributed by atoms with E-state index in [1.54, 1.807) is 14.0 Å². The maximum atomic E-state index is 12.2. The molecule has 0 saturated carbocycles. The molecule has 7 nitrogen and oxygen atoms in total. The molecule has 0 bridgehead atoms. The molecule has 0 aromatic carbocycles. The maximum Gasteiger partial charge on any atom is 0.329 e. The van der Waals surface area contributed by atoms with E-state index in [4.69, 9.17) is 5.11 Å². The summed E-state index contributed by atoms with van der Waals surface area (Å²) in [5, 5.41) is 14.3. The van der Waals surface area contributed by atoms with Crippen molar-refractivity contribution in [3.05, 3.63) is 0 Å². The zero-order chi connectivity index (χ0) is 15.3. The largest absolute Gasteiger partial charge is 0.480 e. The summed E-state index contributed by atoms with van der Waals surface area (Å²) in [6.45, 7) is 4.05. The third-order valence-electron chi connectivity index (χ3n) is 3.89. The van der Waals surface area contributed by atoms with Crippen molar-refractivity contribution in [3.8, 4) is 0 Å². The molecule has 3 N–H and O–H groups in total. The van der Waals surface area contributed by atoms with Gasteiger partial charge in [0.05, 0.1) is 5.92 Å². The molecule has 1 fully saturated rings. The molecular formula is C13H23N3O4. The smallest absolute Gasteiger partial charge is 0.329 e. The zero-order valence-electron chi connectivity index (χ0n) is 12.2. The molecule has 0 aliphatic carbocycles. The van der Waals surface area contributed by atoms with Crippen LogP contribution in [0.15, 0.2) is 0 Å². The quantitative estimate of drug-likeness (QED) is 0.696. The molecule has 3 amide bonds. The number of piperidine rings is 1. The fourth-order valence-corrected chi connectivity index (χ4v) is 2.19. The van der Waals surface area contributed by atoms with E-state index in [1.165, 1.54) is 11.8 Å². The monoisotopic (exact) mass is 285 g/mol. The first-order valence-corrected chi connectivity index (χ1v) is 6.86. The lowest BCUT2D eigenvalue weighted by atomic mass is 9.96. The number of carbonyl (C=O) groups excluding carboxylic acids is 2. The number of nitrogens with zero attached hydrogens (tertiary/aromatic N) is 1. The van der Waals surface area contributed by atoms with Crippen molar-refractivity contribution in [2.45, 2.75) is 38.6 Å². The van der Waals surface area contributed by atoms with Gasteiger partial charge in [0.1, 0.15) is 5.54 Å². The summed E-state index contributed by atoms with van der Waals surface area (Å²) in [5.41, 5.74) is -1.28. The van der Waals surface area contributed by atoms with E-state index in [0.717, 1.165) is 12.8 Å². The molecule has 1 heterocycles. The average molecular weight is 285 g/mol. The van der Waals surface area contributed by atoms with Crippen LogP contribution in [0.1, 0.15) is 33.1 Å². The topological polar surface area (TPSA) is 98.7 Å². The molecule has 1 aliphatic rings. The van der Waals surface area contributed by atoms with Crippen LogP contribution in [-0.2, 0) is 9.59 Å². The second-order valence-electron chi connectivity index (χ2n) is 5.32. The first-order chi connectivity index (χ1) is 9.34. The Morgan fingerprint density at radius 3 is 2.55 bits per heavy atom. The Bertz CT molecular complexity index is 399. The van der Waals surface area contributed by atoms with E-state index < -0.39 is 17.5 Å². The molecule has 2 atom stereocenters. The van der Waals surface area contributed by atoms with Crippen molar-refractivity contribution in [2.75, 3.05) is 20.1 Å². The Balaban J connectivity index is 2.68. The highest BCUT2D eigenvalue weighted by Gasteiger charge is 2.36. The number of likely N-dealkylation sites (tertiary alicyclic amines) is 1. The van der Waals surface area contributed by atoms with Gasteiger partial charge < -0.3 is 20.6 Å². The predicted molar refractivity (Wildman–Crippen MR) is 73.2 cm³/mol. The molecular weight excluding hydrogens is 262 g/mol. The van der Waals surface area contributed by atoms with Crippen LogP contribution >= 0.6 is 0 Å². The first-order valence-electron chi connectivity index (χ1n) is 6.86. The average Bonchev–Trinajstić information content (AvgIpc) is 2.46. The van der Waals surface area contributed by atoms with Gasteiger partial charge in [-0.1, -0.05) is 6.92 Å². The number of carboxylic acid groups (broad SMARTS) is 1. The van der Waals surface area contributed by atoms with Crippen LogP contribution in [0.4, 0.5) is 4.79 Å². The fourth-order valence-electron chi connectivity index (χ4n) is 2.19. The number of urea groups is 1. The Hall–Kier alpha value is -1.79. The van der Waals surface area contributed by atoms with E-state index >= 15 is 0 Å². The highest BCUT2D eigenvalue weighted by molar-refractivity contribution is 5.86. The van der Waals surface area contributed by atoms with Crippen LogP contribution in [0.3, 0.4) is 0 Å². The van der Waals surface area contributed by atoms with E-state index in [-0.39, 0.29) is 11.8 Å². The number of nitrogens with one attached hydrogen (secondary N) is 2. The van der Waals surface area contributed by atoms with Crippen LogP contribution in [-0.4, -0.2) is 53.6 Å². The van der Waals surface area contributed by atoms with Crippen molar-refractivity contribution in [1.29, 1.82) is 0 Å². The molecule has 0 spiro atoms. The standard InChI is InChI=1S/C13H23N3O4/c1-4-13(2,11(18)19)15-12(20)16-7-5-6-9(8-16)10(17)14-3/h9H,4-8H2,1-3H3,(H,14,17)(H,15,20)(H,18,19). The Morgan fingerprint density at radius 2 is 2.05 bits per heavy atom. The van der Waals surface area contributed by atoms with Gasteiger partial charge >= 0.3 is 12.0 Å². The van der Waals surface area contributed by atoms with Crippen molar-refractivity contribution in [3.63, 3.8) is 0 Å². The van der Waals surface area contributed by atoms with Gasteiger partial charge in [0.25, 0.3) is 0 Å². The summed E-state index contributed by atoms with van der Waals surface area (Å²) in [5.74, 6) is -1.37. The number of carboxylic acids is 1. The van der Waals surface area contributed by atoms with Gasteiger partial charge in [-0.3, -0.25) is 4.79 Å². The van der Waals surface area contributed by atoms with Gasteiger partial charge in [-0.25, -0.2) is 9.59 Å². The lowest BCUT2D eigenvalue weighted by molar-refractivity contribution is -0.144. The van der Waals surface area contributed by atoms with E-state index in [1.807, 2.05) is 0 Å². The second kappa shape index (κ2) is 6.58. The number of carbonyl (C=O) groups is 3. The van der Waals surface area contributed by atoms with E-state index in [0.29, 0.717) is 19.5 Å². The molecule has 20 heavy (non-hydrogen) atoms. The summed E-state index contributed by atoms with van der Waals surface area (Å²) in [7, 11) is 1.57. The molecule has 0 radical (unpaired) electrons. The Kier molecular flexibility index (Phi) is 5.35. The molecule has 1 rings (SSSR count). The normalized spacial score (nSPS) is 21.8. The SMILES string of the molecule is CCC(C)(NC(=O)N1CCCC(C(=O)NC)C1)C(=O)O. The van der Waals surface area contributed by atoms with Crippen LogP contribution < -0.4 is 10.6 Å². The molecule has 7 heteroatoms. The highest BCUT2D eigenvalue weighted by atomic mass is 16.4. The Morgan fingerprint density at radius 1 is 1.40 bits per heavy atom. The van der Waals surface area contributed by atoms with Gasteiger partial charge in [0.15, 0.2) is 0 Å². The summed E-state index contributed by atoms with van der Waals surface area (Å²) in [6.07, 6.45) is 1.77. The number of hydrogen-bond donors (Lipinski definition) is 3. The summed E-state index contributed by atoms with van der Waals surface area (Å²) in [6, 6.07) is -0.426. The first kappa shape index (κ1) is 16.3. The lowest BCUT2D eigenvalue weighted by Crippen LogP contribution is -2.57. The Labute approximate surface area is 118 Å². The molecule has 0 aromatic rings. The molecule has 2 unspecified atom stereocenters. The number of amides is 3. The summed E-state index contributed by atoms with van der Waals surface area (Å²) in [4.78, 5) is 36.5. The van der Waals surface area contributed by atoms with Crippen molar-refractivity contribution >= 4 is 17.9 Å². The van der Waals surface area contributed by atoms with Crippen molar-refractivity contribution < 1.29 is 19.5 Å². The minimum Gasteiger partial charge on any atom is -0.480 e. The molecule has 1 aliphatic heterocycles. The van der Waals surface area contributed by atoms with Gasteiger partial charge in [-0.2, -0.15) is 0 Å². The maximum absolute atomic E-state index is 12.2. The summed E-state index contributed by atoms with van der Waals surface area (Å²) >= 11 is 0. The number of rotatable bonds is 4. The van der Waals surface area contributed by atoms with Crippen LogP contribution in [0.2, 0.25) is 0 Å².